The first-order valence-corrected chi connectivity index (χ1v) is 20.0. The van der Waals surface area contributed by atoms with E-state index in [2.05, 4.69) is 47.8 Å². The molecule has 3 fully saturated rings. The number of nitriles is 1. The number of nitrogens with one attached hydrogen (secondary N) is 2. The first-order valence-electron chi connectivity index (χ1n) is 19.2. The van der Waals surface area contributed by atoms with Gasteiger partial charge in [0.05, 0.1) is 27.8 Å². The summed E-state index contributed by atoms with van der Waals surface area (Å²) in [6.45, 7) is 4.67. The Labute approximate surface area is 326 Å². The number of benzene rings is 1. The highest BCUT2D eigenvalue weighted by atomic mass is 32.1. The van der Waals surface area contributed by atoms with Crippen molar-refractivity contribution in [1.82, 2.24) is 44.1 Å². The fraction of sp³-hybridized carbons (Fsp3) is 0.400. The van der Waals surface area contributed by atoms with E-state index >= 15 is 0 Å². The minimum Gasteiger partial charge on any atom is -0.387 e. The first-order chi connectivity index (χ1) is 27.3. The van der Waals surface area contributed by atoms with Crippen molar-refractivity contribution in [3.63, 3.8) is 0 Å². The van der Waals surface area contributed by atoms with E-state index in [0.717, 1.165) is 113 Å². The highest BCUT2D eigenvalue weighted by molar-refractivity contribution is 7.14. The van der Waals surface area contributed by atoms with Crippen molar-refractivity contribution in [2.24, 2.45) is 13.0 Å². The summed E-state index contributed by atoms with van der Waals surface area (Å²) >= 11 is 1.66. The number of fused-ring (bicyclic) bond motifs is 2. The van der Waals surface area contributed by atoms with Crippen LogP contribution in [0.25, 0.3) is 38.5 Å². The van der Waals surface area contributed by atoms with Gasteiger partial charge in [0.2, 0.25) is 11.8 Å². The first kappa shape index (κ1) is 35.8. The zero-order valence-electron chi connectivity index (χ0n) is 31.3. The molecule has 286 valence electrons. The van der Waals surface area contributed by atoms with Gasteiger partial charge in [0, 0.05) is 94.9 Å². The molecular weight excluding hydrogens is 729 g/mol. The summed E-state index contributed by atoms with van der Waals surface area (Å²) in [5.74, 6) is 1.04. The summed E-state index contributed by atoms with van der Waals surface area (Å²) in [4.78, 5) is 52.1. The number of imide groups is 1. The molecule has 1 saturated carbocycles. The third kappa shape index (κ3) is 6.40. The molecule has 0 bridgehead atoms. The Hall–Kier alpha value is -5.92. The van der Waals surface area contributed by atoms with Crippen LogP contribution in [0.4, 0.5) is 11.4 Å². The molecule has 3 aliphatic rings. The van der Waals surface area contributed by atoms with Crippen molar-refractivity contribution < 1.29 is 9.59 Å². The Kier molecular flexibility index (Phi) is 9.34. The van der Waals surface area contributed by atoms with E-state index in [1.54, 1.807) is 33.7 Å². The number of aromatic nitrogens is 7. The van der Waals surface area contributed by atoms with E-state index in [9.17, 15) is 19.6 Å². The van der Waals surface area contributed by atoms with Crippen LogP contribution in [0.15, 0.2) is 59.8 Å². The van der Waals surface area contributed by atoms with Crippen molar-refractivity contribution in [1.29, 1.82) is 5.26 Å². The Morgan fingerprint density at radius 1 is 0.982 bits per heavy atom. The monoisotopic (exact) mass is 770 g/mol. The summed E-state index contributed by atoms with van der Waals surface area (Å²) < 4.78 is 5.12. The number of hydrogen-bond acceptors (Lipinski definition) is 12. The van der Waals surface area contributed by atoms with Gasteiger partial charge in [-0.3, -0.25) is 33.5 Å². The van der Waals surface area contributed by atoms with Gasteiger partial charge in [0.1, 0.15) is 28.6 Å². The minimum absolute atomic E-state index is 0.219. The molecule has 2 amide bonds. The highest BCUT2D eigenvalue weighted by Crippen LogP contribution is 2.40. The molecule has 2 N–H and O–H groups in total. The molecule has 1 atom stereocenters. The van der Waals surface area contributed by atoms with Crippen molar-refractivity contribution in [3.05, 3.63) is 76.0 Å². The van der Waals surface area contributed by atoms with Gasteiger partial charge in [-0.2, -0.15) is 5.26 Å². The van der Waals surface area contributed by atoms with E-state index in [1.807, 2.05) is 54.3 Å². The third-order valence-corrected chi connectivity index (χ3v) is 12.9. The molecule has 5 aromatic heterocycles. The quantitative estimate of drug-likeness (QED) is 0.208. The second kappa shape index (κ2) is 14.6. The maximum atomic E-state index is 13.4. The fourth-order valence-corrected chi connectivity index (χ4v) is 9.80. The molecule has 1 aliphatic carbocycles. The number of carbonyl (C=O) groups is 2. The van der Waals surface area contributed by atoms with Gasteiger partial charge in [-0.1, -0.05) is 17.4 Å². The fourth-order valence-electron chi connectivity index (χ4n) is 8.76. The van der Waals surface area contributed by atoms with Gasteiger partial charge in [0.15, 0.2) is 5.01 Å². The molecule has 6 aromatic rings. The molecule has 1 aromatic carbocycles. The standard InChI is InChI=1S/C40H42N12O3S/c1-42-29-19-33(51-13-12-27-18-25(20-41)21-44-36(27)51)43-22-28(29)39-47-46-38(56-39)26-8-6-24(7-9-26)23-49-14-16-50(17-15-49)30-4-3-5-31-35(30)48(2)40(55)52(31)32-10-11-34(53)45-37(32)54/h3-5,12-13,18-19,21-22,24,26,32H,6-11,14-17,23H2,1-2H3,(H,42,43)(H,45,53,54)/t24-,26-,32?. The smallest absolute Gasteiger partial charge is 0.329 e. The Morgan fingerprint density at radius 2 is 1.80 bits per heavy atom. The molecule has 0 radical (unpaired) electrons. The summed E-state index contributed by atoms with van der Waals surface area (Å²) in [7, 11) is 3.66. The molecule has 56 heavy (non-hydrogen) atoms. The number of nitrogens with zero attached hydrogens (tertiary/aromatic N) is 10. The molecule has 1 unspecified atom stereocenters. The average Bonchev–Trinajstić information content (AvgIpc) is 3.95. The van der Waals surface area contributed by atoms with E-state index in [4.69, 9.17) is 4.98 Å². The van der Waals surface area contributed by atoms with E-state index < -0.39 is 11.9 Å². The van der Waals surface area contributed by atoms with Gasteiger partial charge in [-0.05, 0) is 62.3 Å². The van der Waals surface area contributed by atoms with Crippen molar-refractivity contribution in [2.75, 3.05) is 50.0 Å². The number of hydrogen-bond donors (Lipinski definition) is 2. The maximum Gasteiger partial charge on any atom is 0.329 e. The minimum atomic E-state index is -0.696. The highest BCUT2D eigenvalue weighted by Gasteiger charge is 2.33. The zero-order valence-corrected chi connectivity index (χ0v) is 32.1. The van der Waals surface area contributed by atoms with Crippen LogP contribution in [0.1, 0.15) is 61.1 Å². The van der Waals surface area contributed by atoms with Gasteiger partial charge in [-0.15, -0.1) is 10.2 Å². The number of imidazole rings is 1. The topological polar surface area (TPSA) is 172 Å². The normalized spacial score (nSPS) is 20.7. The van der Waals surface area contributed by atoms with Gasteiger partial charge < -0.3 is 10.2 Å². The van der Waals surface area contributed by atoms with Crippen molar-refractivity contribution in [3.8, 4) is 22.5 Å². The van der Waals surface area contributed by atoms with Crippen LogP contribution >= 0.6 is 11.3 Å². The lowest BCUT2D eigenvalue weighted by Gasteiger charge is -2.39. The predicted octanol–water partition coefficient (Wildman–Crippen LogP) is 4.58. The second-order valence-corrected chi connectivity index (χ2v) is 16.1. The zero-order chi connectivity index (χ0) is 38.5. The van der Waals surface area contributed by atoms with E-state index in [1.165, 1.54) is 0 Å². The molecule has 0 spiro atoms. The largest absolute Gasteiger partial charge is 0.387 e. The van der Waals surface area contributed by atoms with Crippen LogP contribution in [0.5, 0.6) is 0 Å². The number of aryl methyl sites for hydroxylation is 1. The van der Waals surface area contributed by atoms with Crippen molar-refractivity contribution in [2.45, 2.75) is 50.5 Å². The van der Waals surface area contributed by atoms with Crippen molar-refractivity contribution >= 4 is 56.6 Å². The van der Waals surface area contributed by atoms with Gasteiger partial charge in [-0.25, -0.2) is 14.8 Å². The molecule has 2 aliphatic heterocycles. The molecular formula is C40H42N12O3S. The number of anilines is 2. The number of rotatable bonds is 8. The van der Waals surface area contributed by atoms with Crippen LogP contribution in [0, 0.1) is 17.2 Å². The molecule has 16 heteroatoms. The molecule has 7 heterocycles. The van der Waals surface area contributed by atoms with Gasteiger partial charge in [0.25, 0.3) is 0 Å². The number of carbonyl (C=O) groups excluding carboxylic acids is 2. The number of piperazine rings is 1. The summed E-state index contributed by atoms with van der Waals surface area (Å²) in [6.07, 6.45) is 10.4. The van der Waals surface area contributed by atoms with Crippen LogP contribution < -0.4 is 21.2 Å². The lowest BCUT2D eigenvalue weighted by Crippen LogP contribution is -2.48. The molecule has 9 rings (SSSR count). The van der Waals surface area contributed by atoms with Crippen LogP contribution in [-0.2, 0) is 16.6 Å². The van der Waals surface area contributed by atoms with Crippen LogP contribution in [0.3, 0.4) is 0 Å². The molecule has 2 saturated heterocycles. The summed E-state index contributed by atoms with van der Waals surface area (Å²) in [5, 5.41) is 27.0. The Morgan fingerprint density at radius 3 is 2.57 bits per heavy atom. The maximum absolute atomic E-state index is 13.4. The number of amides is 2. The lowest BCUT2D eigenvalue weighted by atomic mass is 9.82. The predicted molar refractivity (Wildman–Crippen MR) is 214 cm³/mol. The molecule has 15 nitrogen and oxygen atoms in total. The second-order valence-electron chi connectivity index (χ2n) is 15.0. The third-order valence-electron chi connectivity index (χ3n) is 11.8. The van der Waals surface area contributed by atoms with E-state index in [-0.39, 0.29) is 18.0 Å². The summed E-state index contributed by atoms with van der Waals surface area (Å²) in [5.41, 5.74) is 5.39. The van der Waals surface area contributed by atoms with Crippen LogP contribution in [-0.4, -0.2) is 90.4 Å². The Balaban J connectivity index is 0.812. The van der Waals surface area contributed by atoms with Crippen LogP contribution in [0.2, 0.25) is 0 Å². The number of pyridine rings is 2. The number of piperidine rings is 1. The lowest BCUT2D eigenvalue weighted by molar-refractivity contribution is -0.135. The van der Waals surface area contributed by atoms with E-state index in [0.29, 0.717) is 23.8 Å². The summed E-state index contributed by atoms with van der Waals surface area (Å²) in [6, 6.07) is 13.1. The Bertz CT molecular complexity index is 2580. The van der Waals surface area contributed by atoms with Gasteiger partial charge >= 0.3 is 5.69 Å². The SMILES string of the molecule is CNc1cc(-n2ccc3cc(C#N)cnc32)ncc1-c1nnc([C@H]2CC[C@H](CN3CCN(c4cccc5c4n(C)c(=O)n5C4CCC(=O)NC4=O)CC3)CC2)s1. The number of para-hydroxylation sites is 1. The average molecular weight is 771 g/mol.